The lowest BCUT2D eigenvalue weighted by atomic mass is 10.2. The minimum Gasteiger partial charge on any atom is -0.320 e. The van der Waals surface area contributed by atoms with E-state index in [-0.39, 0.29) is 0 Å². The largest absolute Gasteiger partial charge is 0.320 e. The molecule has 0 saturated heterocycles. The normalized spacial score (nSPS) is 12.2. The molecule has 0 amide bonds. The molecule has 1 N–H and O–H groups in total. The van der Waals surface area contributed by atoms with Crippen LogP contribution in [0.5, 0.6) is 0 Å². The van der Waals surface area contributed by atoms with Gasteiger partial charge in [0.1, 0.15) is 0 Å². The van der Waals surface area contributed by atoms with E-state index in [1.807, 2.05) is 20.9 Å². The Morgan fingerprint density at radius 3 is 2.23 bits per heavy atom. The molecule has 0 spiro atoms. The van der Waals surface area contributed by atoms with Crippen LogP contribution in [0.15, 0.2) is 0 Å². The van der Waals surface area contributed by atoms with E-state index >= 15 is 0 Å². The molecule has 2 nitrogen and oxygen atoms in total. The smallest absolute Gasteiger partial charge is 0.00759 e. The first kappa shape index (κ1) is 15.4. The molecule has 0 aliphatic heterocycles. The average molecular weight is 188 g/mol. The predicted molar refractivity (Wildman–Crippen MR) is 62.3 cm³/mol. The Morgan fingerprint density at radius 1 is 1.31 bits per heavy atom. The van der Waals surface area contributed by atoms with Gasteiger partial charge in [0.15, 0.2) is 0 Å². The first-order chi connectivity index (χ1) is 6.22. The molecule has 2 heteroatoms. The quantitative estimate of drug-likeness (QED) is 0.688. The van der Waals surface area contributed by atoms with Crippen molar-refractivity contribution in [2.24, 2.45) is 0 Å². The summed E-state index contributed by atoms with van der Waals surface area (Å²) in [5.74, 6) is 0. The Bertz CT molecular complexity index is 84.2. The van der Waals surface area contributed by atoms with Crippen LogP contribution in [-0.4, -0.2) is 38.1 Å². The molecular formula is C11H28N2. The van der Waals surface area contributed by atoms with Crippen LogP contribution < -0.4 is 5.32 Å². The summed E-state index contributed by atoms with van der Waals surface area (Å²) in [4.78, 5) is 2.41. The molecule has 0 aromatic rings. The molecule has 13 heavy (non-hydrogen) atoms. The molecule has 0 aliphatic rings. The van der Waals surface area contributed by atoms with Crippen LogP contribution in [0.25, 0.3) is 0 Å². The van der Waals surface area contributed by atoms with E-state index in [2.05, 4.69) is 31.1 Å². The van der Waals surface area contributed by atoms with Crippen molar-refractivity contribution in [3.63, 3.8) is 0 Å². The van der Waals surface area contributed by atoms with E-state index in [1.165, 1.54) is 19.4 Å². The first-order valence-electron chi connectivity index (χ1n) is 5.57. The van der Waals surface area contributed by atoms with Gasteiger partial charge in [-0.25, -0.2) is 0 Å². The molecule has 1 unspecified atom stereocenters. The Labute approximate surface area is 84.7 Å². The van der Waals surface area contributed by atoms with E-state index in [9.17, 15) is 0 Å². The van der Waals surface area contributed by atoms with Gasteiger partial charge in [-0.2, -0.15) is 0 Å². The van der Waals surface area contributed by atoms with E-state index in [1.54, 1.807) is 0 Å². The van der Waals surface area contributed by atoms with Gasteiger partial charge in [0.05, 0.1) is 0 Å². The van der Waals surface area contributed by atoms with Gasteiger partial charge in [-0.05, 0) is 47.0 Å². The zero-order valence-electron chi connectivity index (χ0n) is 10.4. The molecule has 0 bridgehead atoms. The van der Waals surface area contributed by atoms with Gasteiger partial charge in [0, 0.05) is 6.04 Å². The van der Waals surface area contributed by atoms with Crippen molar-refractivity contribution in [1.29, 1.82) is 0 Å². The second-order valence-electron chi connectivity index (χ2n) is 3.22. The number of hydrogen-bond acceptors (Lipinski definition) is 2. The molecular weight excluding hydrogens is 160 g/mol. The van der Waals surface area contributed by atoms with Gasteiger partial charge in [-0.1, -0.05) is 20.8 Å². The summed E-state index contributed by atoms with van der Waals surface area (Å²) in [7, 11) is 4.20. The Hall–Kier alpha value is -0.0800. The van der Waals surface area contributed by atoms with Gasteiger partial charge >= 0.3 is 0 Å². The van der Waals surface area contributed by atoms with Crippen molar-refractivity contribution in [2.45, 2.75) is 46.6 Å². The maximum atomic E-state index is 3.17. The maximum absolute atomic E-state index is 3.17. The zero-order valence-corrected chi connectivity index (χ0v) is 10.4. The van der Waals surface area contributed by atoms with Crippen molar-refractivity contribution in [3.05, 3.63) is 0 Å². The van der Waals surface area contributed by atoms with Crippen LogP contribution in [0.3, 0.4) is 0 Å². The number of rotatable bonds is 6. The average Bonchev–Trinajstić information content (AvgIpc) is 2.17. The summed E-state index contributed by atoms with van der Waals surface area (Å²) in [5, 5.41) is 3.17. The lowest BCUT2D eigenvalue weighted by molar-refractivity contribution is 0.246. The minimum absolute atomic E-state index is 0.711. The van der Waals surface area contributed by atoms with Crippen LogP contribution in [0.2, 0.25) is 0 Å². The molecule has 0 rings (SSSR count). The zero-order chi connectivity index (χ0) is 10.7. The predicted octanol–water partition coefficient (Wildman–Crippen LogP) is 2.35. The van der Waals surface area contributed by atoms with Crippen LogP contribution in [-0.2, 0) is 0 Å². The van der Waals surface area contributed by atoms with Gasteiger partial charge in [0.25, 0.3) is 0 Å². The molecule has 0 saturated carbocycles. The summed E-state index contributed by atoms with van der Waals surface area (Å²) in [5.41, 5.74) is 0. The molecule has 0 radical (unpaired) electrons. The highest BCUT2D eigenvalue weighted by atomic mass is 15.1. The van der Waals surface area contributed by atoms with E-state index in [4.69, 9.17) is 0 Å². The van der Waals surface area contributed by atoms with Crippen LogP contribution in [0.4, 0.5) is 0 Å². The Balaban J connectivity index is 0. The van der Waals surface area contributed by atoms with Gasteiger partial charge < -0.3 is 10.2 Å². The van der Waals surface area contributed by atoms with Crippen molar-refractivity contribution < 1.29 is 0 Å². The Morgan fingerprint density at radius 2 is 1.85 bits per heavy atom. The van der Waals surface area contributed by atoms with Gasteiger partial charge in [0.2, 0.25) is 0 Å². The van der Waals surface area contributed by atoms with Gasteiger partial charge in [-0.3, -0.25) is 0 Å². The molecule has 0 aromatic heterocycles. The highest BCUT2D eigenvalue weighted by Gasteiger charge is 2.05. The van der Waals surface area contributed by atoms with E-state index in [0.29, 0.717) is 6.04 Å². The second kappa shape index (κ2) is 11.9. The van der Waals surface area contributed by atoms with Crippen molar-refractivity contribution >= 4 is 0 Å². The lowest BCUT2D eigenvalue weighted by Gasteiger charge is -2.23. The highest BCUT2D eigenvalue weighted by molar-refractivity contribution is 4.63. The molecule has 0 aliphatic carbocycles. The summed E-state index contributed by atoms with van der Waals surface area (Å²) in [6, 6.07) is 0.711. The standard InChI is InChI=1S/C9H22N2.C2H6/c1-5-8-11(4)9(2)6-7-10-3;1-2/h9-10H,5-8H2,1-4H3;1-2H3. The molecule has 82 valence electrons. The minimum atomic E-state index is 0.711. The SMILES string of the molecule is CC.CCCN(C)C(C)CCNC. The summed E-state index contributed by atoms with van der Waals surface area (Å²) < 4.78 is 0. The van der Waals surface area contributed by atoms with Gasteiger partial charge in [-0.15, -0.1) is 0 Å². The summed E-state index contributed by atoms with van der Waals surface area (Å²) in [6.07, 6.45) is 2.49. The van der Waals surface area contributed by atoms with Crippen molar-refractivity contribution in [2.75, 3.05) is 27.2 Å². The van der Waals surface area contributed by atoms with Crippen molar-refractivity contribution in [1.82, 2.24) is 10.2 Å². The fourth-order valence-corrected chi connectivity index (χ4v) is 1.15. The summed E-state index contributed by atoms with van der Waals surface area (Å²) >= 11 is 0. The molecule has 0 fully saturated rings. The van der Waals surface area contributed by atoms with Crippen LogP contribution in [0.1, 0.15) is 40.5 Å². The third-order valence-electron chi connectivity index (χ3n) is 2.14. The van der Waals surface area contributed by atoms with E-state index in [0.717, 1.165) is 6.54 Å². The first-order valence-corrected chi connectivity index (χ1v) is 5.57. The molecule has 1 atom stereocenters. The molecule has 0 aromatic carbocycles. The van der Waals surface area contributed by atoms with Crippen molar-refractivity contribution in [3.8, 4) is 0 Å². The molecule has 0 heterocycles. The number of hydrogen-bond donors (Lipinski definition) is 1. The summed E-state index contributed by atoms with van der Waals surface area (Å²) in [6.45, 7) is 10.8. The third kappa shape index (κ3) is 9.84. The number of nitrogens with zero attached hydrogens (tertiary/aromatic N) is 1. The van der Waals surface area contributed by atoms with E-state index < -0.39 is 0 Å². The highest BCUT2D eigenvalue weighted by Crippen LogP contribution is 2.00. The topological polar surface area (TPSA) is 15.3 Å². The monoisotopic (exact) mass is 188 g/mol. The third-order valence-corrected chi connectivity index (χ3v) is 2.14. The maximum Gasteiger partial charge on any atom is 0.00759 e. The number of nitrogens with one attached hydrogen (secondary N) is 1. The lowest BCUT2D eigenvalue weighted by Crippen LogP contribution is -2.32. The Kier molecular flexibility index (Phi) is 14.1. The fourth-order valence-electron chi connectivity index (χ4n) is 1.15. The van der Waals surface area contributed by atoms with Crippen LogP contribution in [0, 0.1) is 0 Å². The fraction of sp³-hybridized carbons (Fsp3) is 1.00. The second-order valence-corrected chi connectivity index (χ2v) is 3.22. The van der Waals surface area contributed by atoms with Crippen LogP contribution >= 0.6 is 0 Å².